The maximum absolute atomic E-state index is 4.80. The maximum Gasteiger partial charge on any atom is 0.205 e. The molecule has 0 radical (unpaired) electrons. The molecule has 0 saturated carbocycles. The summed E-state index contributed by atoms with van der Waals surface area (Å²) < 4.78 is 1.94. The number of benzene rings is 1. The van der Waals surface area contributed by atoms with Gasteiger partial charge in [-0.05, 0) is 30.9 Å². The van der Waals surface area contributed by atoms with E-state index >= 15 is 0 Å². The molecular formula is C17H17N3S2. The highest BCUT2D eigenvalue weighted by Gasteiger charge is 2.09. The van der Waals surface area contributed by atoms with Crippen LogP contribution in [0.2, 0.25) is 0 Å². The van der Waals surface area contributed by atoms with E-state index in [2.05, 4.69) is 59.1 Å². The Morgan fingerprint density at radius 3 is 2.50 bits per heavy atom. The number of thiazole rings is 1. The first-order valence-electron chi connectivity index (χ1n) is 6.99. The second-order valence-corrected chi connectivity index (χ2v) is 6.75. The van der Waals surface area contributed by atoms with E-state index in [1.54, 1.807) is 29.7 Å². The fourth-order valence-corrected chi connectivity index (χ4v) is 3.73. The van der Waals surface area contributed by atoms with Crippen molar-refractivity contribution in [1.29, 1.82) is 0 Å². The molecule has 3 nitrogen and oxygen atoms in total. The van der Waals surface area contributed by atoms with Crippen LogP contribution in [0.15, 0.2) is 57.3 Å². The smallest absolute Gasteiger partial charge is 0.205 e. The van der Waals surface area contributed by atoms with Crippen LogP contribution in [0.4, 0.5) is 0 Å². The molecule has 0 amide bonds. The van der Waals surface area contributed by atoms with Crippen LogP contribution < -0.4 is 4.80 Å². The number of hydrogen-bond acceptors (Lipinski definition) is 4. The van der Waals surface area contributed by atoms with Crippen molar-refractivity contribution in [3.63, 3.8) is 0 Å². The van der Waals surface area contributed by atoms with Gasteiger partial charge in [-0.15, -0.1) is 22.7 Å². The van der Waals surface area contributed by atoms with Gasteiger partial charge in [-0.3, -0.25) is 4.99 Å². The molecule has 0 aliphatic heterocycles. The van der Waals surface area contributed by atoms with Crippen molar-refractivity contribution in [3.05, 3.63) is 63.1 Å². The molecule has 2 heterocycles. The van der Waals surface area contributed by atoms with Gasteiger partial charge in [0.05, 0.1) is 16.3 Å². The highest BCUT2D eigenvalue weighted by Crippen LogP contribution is 2.25. The zero-order chi connectivity index (χ0) is 15.5. The molecule has 0 bridgehead atoms. The molecule has 22 heavy (non-hydrogen) atoms. The molecule has 0 atom stereocenters. The summed E-state index contributed by atoms with van der Waals surface area (Å²) in [5.74, 6) is 0. The zero-order valence-corrected chi connectivity index (χ0v) is 14.4. The molecule has 2 aromatic heterocycles. The first-order valence-corrected chi connectivity index (χ1v) is 8.75. The van der Waals surface area contributed by atoms with Crippen molar-refractivity contribution in [2.75, 3.05) is 7.05 Å². The van der Waals surface area contributed by atoms with Crippen LogP contribution in [0.25, 0.3) is 10.6 Å². The van der Waals surface area contributed by atoms with Crippen molar-refractivity contribution in [1.82, 2.24) is 4.68 Å². The second kappa shape index (κ2) is 6.42. The number of aryl methyl sites for hydroxylation is 1. The van der Waals surface area contributed by atoms with Gasteiger partial charge in [0, 0.05) is 12.4 Å². The fourth-order valence-electron chi connectivity index (χ4n) is 2.14. The largest absolute Gasteiger partial charge is 0.261 e. The lowest BCUT2D eigenvalue weighted by Gasteiger charge is -2.05. The van der Waals surface area contributed by atoms with Gasteiger partial charge in [0.15, 0.2) is 0 Å². The van der Waals surface area contributed by atoms with E-state index in [1.165, 1.54) is 10.4 Å². The van der Waals surface area contributed by atoms with Gasteiger partial charge in [-0.2, -0.15) is 5.10 Å². The first-order chi connectivity index (χ1) is 10.7. The SMILES string of the molecule is CN=c1scc(-c2cccs2)n1N=C(C)c1ccc(C)cc1. The number of nitrogens with zero attached hydrogens (tertiary/aromatic N) is 3. The monoisotopic (exact) mass is 327 g/mol. The standard InChI is InChI=1S/C17H17N3S2/c1-12-6-8-14(9-7-12)13(2)19-20-15(11-22-17(20)18-3)16-5-4-10-21-16/h4-11H,1-3H3. The lowest BCUT2D eigenvalue weighted by Crippen LogP contribution is -2.13. The Morgan fingerprint density at radius 2 is 1.86 bits per heavy atom. The van der Waals surface area contributed by atoms with E-state index < -0.39 is 0 Å². The minimum Gasteiger partial charge on any atom is -0.261 e. The third-order valence-corrected chi connectivity index (χ3v) is 5.17. The first kappa shape index (κ1) is 14.9. The van der Waals surface area contributed by atoms with Crippen LogP contribution in [0.3, 0.4) is 0 Å². The van der Waals surface area contributed by atoms with Crippen molar-refractivity contribution in [3.8, 4) is 10.6 Å². The van der Waals surface area contributed by atoms with Crippen molar-refractivity contribution < 1.29 is 0 Å². The molecule has 0 unspecified atom stereocenters. The van der Waals surface area contributed by atoms with Crippen LogP contribution in [-0.4, -0.2) is 17.4 Å². The number of aromatic nitrogens is 1. The summed E-state index contributed by atoms with van der Waals surface area (Å²) in [6.45, 7) is 4.12. The molecule has 0 aliphatic rings. The Morgan fingerprint density at radius 1 is 1.09 bits per heavy atom. The molecular weight excluding hydrogens is 310 g/mol. The predicted octanol–water partition coefficient (Wildman–Crippen LogP) is 4.39. The molecule has 1 aromatic carbocycles. The van der Waals surface area contributed by atoms with E-state index in [4.69, 9.17) is 5.10 Å². The molecule has 0 N–H and O–H groups in total. The van der Waals surface area contributed by atoms with Gasteiger partial charge in [0.2, 0.25) is 4.80 Å². The molecule has 0 saturated heterocycles. The summed E-state index contributed by atoms with van der Waals surface area (Å²) in [6.07, 6.45) is 0. The molecule has 0 fully saturated rings. The molecule has 3 aromatic rings. The Labute approximate surface area is 137 Å². The lowest BCUT2D eigenvalue weighted by atomic mass is 10.1. The Hall–Kier alpha value is -1.98. The van der Waals surface area contributed by atoms with Crippen molar-refractivity contribution in [2.45, 2.75) is 13.8 Å². The highest BCUT2D eigenvalue weighted by atomic mass is 32.1. The summed E-state index contributed by atoms with van der Waals surface area (Å²) >= 11 is 3.32. The molecule has 3 rings (SSSR count). The number of hydrogen-bond donors (Lipinski definition) is 0. The van der Waals surface area contributed by atoms with Crippen LogP contribution in [-0.2, 0) is 0 Å². The van der Waals surface area contributed by atoms with Crippen LogP contribution in [0.1, 0.15) is 18.1 Å². The van der Waals surface area contributed by atoms with E-state index in [-0.39, 0.29) is 0 Å². The summed E-state index contributed by atoms with van der Waals surface area (Å²) in [7, 11) is 1.80. The maximum atomic E-state index is 4.80. The minimum absolute atomic E-state index is 0.898. The minimum atomic E-state index is 0.898. The van der Waals surface area contributed by atoms with E-state index in [0.29, 0.717) is 0 Å². The Kier molecular flexibility index (Phi) is 4.36. The summed E-state index contributed by atoms with van der Waals surface area (Å²) in [5.41, 5.74) is 4.45. The third-order valence-electron chi connectivity index (χ3n) is 3.37. The van der Waals surface area contributed by atoms with Crippen LogP contribution in [0, 0.1) is 6.92 Å². The normalized spacial score (nSPS) is 12.9. The molecule has 112 valence electrons. The Bertz CT molecular complexity index is 850. The quantitative estimate of drug-likeness (QED) is 0.639. The van der Waals surface area contributed by atoms with E-state index in [9.17, 15) is 0 Å². The van der Waals surface area contributed by atoms with Gasteiger partial charge >= 0.3 is 0 Å². The lowest BCUT2D eigenvalue weighted by molar-refractivity contribution is 0.844. The average molecular weight is 327 g/mol. The average Bonchev–Trinajstić information content (AvgIpc) is 3.16. The highest BCUT2D eigenvalue weighted by molar-refractivity contribution is 7.14. The van der Waals surface area contributed by atoms with Gasteiger partial charge in [-0.1, -0.05) is 35.9 Å². The molecule has 0 spiro atoms. The van der Waals surface area contributed by atoms with Crippen molar-refractivity contribution in [2.24, 2.45) is 10.1 Å². The van der Waals surface area contributed by atoms with Gasteiger partial charge in [-0.25, -0.2) is 4.68 Å². The third kappa shape index (κ3) is 2.96. The number of thiophene rings is 1. The summed E-state index contributed by atoms with van der Waals surface area (Å²) in [4.78, 5) is 6.44. The predicted molar refractivity (Wildman–Crippen MR) is 95.9 cm³/mol. The number of rotatable bonds is 3. The van der Waals surface area contributed by atoms with Gasteiger partial charge in [0.1, 0.15) is 0 Å². The fraction of sp³-hybridized carbons (Fsp3) is 0.176. The zero-order valence-electron chi connectivity index (χ0n) is 12.8. The van der Waals surface area contributed by atoms with Gasteiger partial charge < -0.3 is 0 Å². The summed E-state index contributed by atoms with van der Waals surface area (Å²) in [5, 5.41) is 8.99. The van der Waals surface area contributed by atoms with Crippen LogP contribution in [0.5, 0.6) is 0 Å². The second-order valence-electron chi connectivity index (χ2n) is 4.97. The van der Waals surface area contributed by atoms with Crippen LogP contribution >= 0.6 is 22.7 Å². The topological polar surface area (TPSA) is 29.6 Å². The van der Waals surface area contributed by atoms with Gasteiger partial charge in [0.25, 0.3) is 0 Å². The summed E-state index contributed by atoms with van der Waals surface area (Å²) in [6, 6.07) is 12.6. The molecule has 5 heteroatoms. The molecule has 0 aliphatic carbocycles. The van der Waals surface area contributed by atoms with Crippen molar-refractivity contribution >= 4 is 28.4 Å². The van der Waals surface area contributed by atoms with E-state index in [1.807, 2.05) is 11.6 Å². The van der Waals surface area contributed by atoms with E-state index in [0.717, 1.165) is 21.8 Å². The Balaban J connectivity index is 2.10.